The minimum absolute atomic E-state index is 0. The van der Waals surface area contributed by atoms with Gasteiger partial charge in [0.2, 0.25) is 10.0 Å². The first-order chi connectivity index (χ1) is 13.5. The van der Waals surface area contributed by atoms with E-state index in [2.05, 4.69) is 31.7 Å². The maximum absolute atomic E-state index is 12.6. The number of aliphatic imine (C=N–C) groups is 1. The molecule has 1 N–H and O–H groups in total. The van der Waals surface area contributed by atoms with Gasteiger partial charge in [0, 0.05) is 56.6 Å². The molecule has 3 rings (SSSR count). The van der Waals surface area contributed by atoms with Crippen LogP contribution < -0.4 is 5.32 Å². The molecule has 1 aromatic heterocycles. The molecule has 0 spiro atoms. The largest absolute Gasteiger partial charge is 0.357 e. The van der Waals surface area contributed by atoms with Crippen molar-refractivity contribution < 1.29 is 8.42 Å². The van der Waals surface area contributed by atoms with Crippen molar-refractivity contribution in [3.63, 3.8) is 0 Å². The van der Waals surface area contributed by atoms with Crippen LogP contribution in [0.2, 0.25) is 0 Å². The molecular weight excluding hydrogens is 523 g/mol. The van der Waals surface area contributed by atoms with Crippen molar-refractivity contribution in [3.05, 3.63) is 18.7 Å². The molecule has 29 heavy (non-hydrogen) atoms. The first kappa shape index (κ1) is 24.7. The molecule has 0 amide bonds. The summed E-state index contributed by atoms with van der Waals surface area (Å²) in [5, 5.41) is 3.34. The molecule has 2 aliphatic rings. The Labute approximate surface area is 196 Å². The summed E-state index contributed by atoms with van der Waals surface area (Å²) >= 11 is 1.81. The fraction of sp³-hybridized carbons (Fsp3) is 0.778. The van der Waals surface area contributed by atoms with Crippen molar-refractivity contribution >= 4 is 51.7 Å². The van der Waals surface area contributed by atoms with E-state index in [0.717, 1.165) is 43.5 Å². The Morgan fingerprint density at radius 1 is 1.31 bits per heavy atom. The average Bonchev–Trinajstić information content (AvgIpc) is 3.23. The second-order valence-electron chi connectivity index (χ2n) is 7.35. The molecule has 1 aromatic rings. The van der Waals surface area contributed by atoms with Crippen molar-refractivity contribution in [3.8, 4) is 0 Å². The topological polar surface area (TPSA) is 82.8 Å². The van der Waals surface area contributed by atoms with Crippen molar-refractivity contribution in [1.29, 1.82) is 0 Å². The van der Waals surface area contributed by atoms with Gasteiger partial charge in [0.15, 0.2) is 5.96 Å². The summed E-state index contributed by atoms with van der Waals surface area (Å²) in [6.07, 6.45) is 6.77. The van der Waals surface area contributed by atoms with E-state index in [9.17, 15) is 8.42 Å². The van der Waals surface area contributed by atoms with E-state index in [1.165, 1.54) is 0 Å². The number of likely N-dealkylation sites (tertiary alicyclic amines) is 1. The predicted octanol–water partition coefficient (Wildman–Crippen LogP) is 1.73. The molecule has 0 bridgehead atoms. The molecular formula is C18H33IN6O2S2. The van der Waals surface area contributed by atoms with Gasteiger partial charge in [-0.15, -0.1) is 24.0 Å². The van der Waals surface area contributed by atoms with Crippen molar-refractivity contribution in [2.24, 2.45) is 10.9 Å². The van der Waals surface area contributed by atoms with Gasteiger partial charge in [0.1, 0.15) is 0 Å². The molecule has 3 heterocycles. The number of halogens is 1. The zero-order chi connectivity index (χ0) is 20.0. The quantitative estimate of drug-likeness (QED) is 0.327. The van der Waals surface area contributed by atoms with Gasteiger partial charge in [-0.2, -0.15) is 11.8 Å². The van der Waals surface area contributed by atoms with Crippen LogP contribution in [0, 0.1) is 5.92 Å². The number of piperidine rings is 1. The normalized spacial score (nSPS) is 24.2. The lowest BCUT2D eigenvalue weighted by molar-refractivity contribution is 0.189. The standard InChI is InChI=1S/C18H32N6O2S2.HI/c1-3-20-18(21-6-13-28(25,26)24-9-11-27-12-10-24)22-7-4-16(2)17(14-22)23-8-5-19-15-23;/h5,8,15-17H,3-4,6-7,9-14H2,1-2H3,(H,20,21);1H. The Bertz CT molecular complexity index is 738. The molecule has 2 unspecified atom stereocenters. The molecule has 8 nitrogen and oxygen atoms in total. The van der Waals surface area contributed by atoms with Crippen LogP contribution >= 0.6 is 35.7 Å². The predicted molar refractivity (Wildman–Crippen MR) is 131 cm³/mol. The number of nitrogens with one attached hydrogen (secondary N) is 1. The molecule has 0 aromatic carbocycles. The molecule has 0 radical (unpaired) electrons. The van der Waals surface area contributed by atoms with Gasteiger partial charge in [-0.05, 0) is 19.3 Å². The van der Waals surface area contributed by atoms with E-state index in [1.807, 2.05) is 37.4 Å². The van der Waals surface area contributed by atoms with Crippen molar-refractivity contribution in [2.45, 2.75) is 26.3 Å². The third-order valence-corrected chi connectivity index (χ3v) is 8.23. The summed E-state index contributed by atoms with van der Waals surface area (Å²) in [6, 6.07) is 0.342. The summed E-state index contributed by atoms with van der Waals surface area (Å²) in [6.45, 7) is 8.37. The highest BCUT2D eigenvalue weighted by molar-refractivity contribution is 14.0. The number of imidazole rings is 1. The zero-order valence-electron chi connectivity index (χ0n) is 17.2. The highest BCUT2D eigenvalue weighted by Crippen LogP contribution is 2.27. The Hall–Kier alpha value is -0.530. The number of aromatic nitrogens is 2. The summed E-state index contributed by atoms with van der Waals surface area (Å²) in [5.74, 6) is 3.20. The third-order valence-electron chi connectivity index (χ3n) is 5.44. The van der Waals surface area contributed by atoms with Crippen LogP contribution in [-0.4, -0.2) is 89.7 Å². The van der Waals surface area contributed by atoms with Gasteiger partial charge in [-0.3, -0.25) is 4.99 Å². The lowest BCUT2D eigenvalue weighted by Crippen LogP contribution is -2.49. The Morgan fingerprint density at radius 2 is 2.07 bits per heavy atom. The van der Waals surface area contributed by atoms with Crippen LogP contribution in [0.25, 0.3) is 0 Å². The fourth-order valence-electron chi connectivity index (χ4n) is 3.74. The average molecular weight is 557 g/mol. The first-order valence-corrected chi connectivity index (χ1v) is 12.8. The number of sulfonamides is 1. The number of rotatable bonds is 6. The SMILES string of the molecule is CCNC(=NCCS(=O)(=O)N1CCSCC1)N1CCC(C)C(n2ccnc2)C1.I. The maximum Gasteiger partial charge on any atom is 0.215 e. The van der Waals surface area contributed by atoms with E-state index in [-0.39, 0.29) is 36.3 Å². The molecule has 0 aliphatic carbocycles. The summed E-state index contributed by atoms with van der Waals surface area (Å²) in [5.41, 5.74) is 0. The zero-order valence-corrected chi connectivity index (χ0v) is 21.2. The summed E-state index contributed by atoms with van der Waals surface area (Å²) in [4.78, 5) is 11.1. The smallest absolute Gasteiger partial charge is 0.215 e. The second kappa shape index (κ2) is 11.8. The van der Waals surface area contributed by atoms with Gasteiger partial charge >= 0.3 is 0 Å². The Kier molecular flexibility index (Phi) is 10.0. The first-order valence-electron chi connectivity index (χ1n) is 10.1. The van der Waals surface area contributed by atoms with E-state index in [0.29, 0.717) is 25.0 Å². The van der Waals surface area contributed by atoms with E-state index in [4.69, 9.17) is 0 Å². The van der Waals surface area contributed by atoms with Gasteiger partial charge in [0.25, 0.3) is 0 Å². The lowest BCUT2D eigenvalue weighted by Gasteiger charge is -2.39. The maximum atomic E-state index is 12.6. The molecule has 166 valence electrons. The molecule has 11 heteroatoms. The summed E-state index contributed by atoms with van der Waals surface area (Å²) < 4.78 is 28.9. The fourth-order valence-corrected chi connectivity index (χ4v) is 6.19. The number of hydrogen-bond acceptors (Lipinski definition) is 5. The van der Waals surface area contributed by atoms with Crippen molar-refractivity contribution in [2.75, 3.05) is 56.5 Å². The third kappa shape index (κ3) is 6.73. The van der Waals surface area contributed by atoms with E-state index < -0.39 is 10.0 Å². The van der Waals surface area contributed by atoms with Crippen molar-refractivity contribution in [1.82, 2.24) is 24.1 Å². The van der Waals surface area contributed by atoms with Crippen LogP contribution in [0.4, 0.5) is 0 Å². The molecule has 2 fully saturated rings. The highest BCUT2D eigenvalue weighted by atomic mass is 127. The number of thioether (sulfide) groups is 1. The van der Waals surface area contributed by atoms with E-state index >= 15 is 0 Å². The van der Waals surface area contributed by atoms with Gasteiger partial charge in [0.05, 0.1) is 24.7 Å². The highest BCUT2D eigenvalue weighted by Gasteiger charge is 2.29. The Morgan fingerprint density at radius 3 is 2.72 bits per heavy atom. The van der Waals surface area contributed by atoms with Gasteiger partial charge in [-0.25, -0.2) is 17.7 Å². The number of hydrogen-bond donors (Lipinski definition) is 1. The molecule has 2 aliphatic heterocycles. The van der Waals surface area contributed by atoms with Gasteiger partial charge < -0.3 is 14.8 Å². The van der Waals surface area contributed by atoms with Gasteiger partial charge in [-0.1, -0.05) is 6.92 Å². The minimum atomic E-state index is -3.23. The van der Waals surface area contributed by atoms with Crippen LogP contribution in [0.1, 0.15) is 26.3 Å². The van der Waals surface area contributed by atoms with Crippen LogP contribution in [0.15, 0.2) is 23.7 Å². The number of nitrogens with zero attached hydrogens (tertiary/aromatic N) is 5. The lowest BCUT2D eigenvalue weighted by atomic mass is 9.93. The monoisotopic (exact) mass is 556 g/mol. The number of guanidine groups is 1. The molecule has 2 saturated heterocycles. The second-order valence-corrected chi connectivity index (χ2v) is 10.7. The molecule has 2 atom stereocenters. The molecule has 0 saturated carbocycles. The Balaban J connectivity index is 0.00000300. The van der Waals surface area contributed by atoms with E-state index in [1.54, 1.807) is 4.31 Å². The van der Waals surface area contributed by atoms with Crippen LogP contribution in [0.5, 0.6) is 0 Å². The summed E-state index contributed by atoms with van der Waals surface area (Å²) in [7, 11) is -3.23. The van der Waals surface area contributed by atoms with Crippen LogP contribution in [0.3, 0.4) is 0 Å². The van der Waals surface area contributed by atoms with Crippen LogP contribution in [-0.2, 0) is 10.0 Å². The minimum Gasteiger partial charge on any atom is -0.357 e.